The molecule has 5 nitrogen and oxygen atoms in total. The minimum atomic E-state index is -0.343. The maximum absolute atomic E-state index is 11.5. The van der Waals surface area contributed by atoms with Gasteiger partial charge in [0.25, 0.3) is 0 Å². The van der Waals surface area contributed by atoms with Gasteiger partial charge in [0.05, 0.1) is 18.1 Å². The monoisotopic (exact) mass is 245 g/mol. The summed E-state index contributed by atoms with van der Waals surface area (Å²) >= 11 is 0. The van der Waals surface area contributed by atoms with E-state index in [0.717, 1.165) is 16.7 Å². The lowest BCUT2D eigenvalue weighted by Gasteiger charge is -2.15. The molecule has 1 N–H and O–H groups in total. The van der Waals surface area contributed by atoms with E-state index in [1.54, 1.807) is 12.4 Å². The summed E-state index contributed by atoms with van der Waals surface area (Å²) in [5, 5.41) is 3.13. The molecule has 0 saturated heterocycles. The van der Waals surface area contributed by atoms with Crippen LogP contribution in [0.25, 0.3) is 11.0 Å². The van der Waals surface area contributed by atoms with Crippen molar-refractivity contribution in [2.75, 3.05) is 12.4 Å². The largest absolute Gasteiger partial charge is 0.467 e. The number of hydrogen-bond donors (Lipinski definition) is 1. The first kappa shape index (κ1) is 12.3. The number of rotatable bonds is 4. The lowest BCUT2D eigenvalue weighted by Crippen LogP contribution is -2.29. The third kappa shape index (κ3) is 2.56. The van der Waals surface area contributed by atoms with Crippen LogP contribution in [0.5, 0.6) is 0 Å². The molecule has 94 valence electrons. The summed E-state index contributed by atoms with van der Waals surface area (Å²) in [6, 6.07) is 5.27. The van der Waals surface area contributed by atoms with Gasteiger partial charge in [-0.1, -0.05) is 6.92 Å². The van der Waals surface area contributed by atoms with Gasteiger partial charge in [-0.05, 0) is 24.6 Å². The maximum atomic E-state index is 11.5. The van der Waals surface area contributed by atoms with Gasteiger partial charge in [0, 0.05) is 18.1 Å². The number of nitrogens with zero attached hydrogens (tertiary/aromatic N) is 2. The van der Waals surface area contributed by atoms with Gasteiger partial charge in [-0.3, -0.25) is 9.97 Å². The standard InChI is InChI=1S/C13H15N3O2/c1-3-10(13(17)18-2)16-9-4-5-11-12(8-9)15-7-6-14-11/h4-8,10,16H,3H2,1-2H3. The molecule has 0 aliphatic rings. The topological polar surface area (TPSA) is 64.1 Å². The average molecular weight is 245 g/mol. The zero-order valence-corrected chi connectivity index (χ0v) is 10.4. The molecule has 5 heteroatoms. The number of ether oxygens (including phenoxy) is 1. The van der Waals surface area contributed by atoms with Gasteiger partial charge in [0.2, 0.25) is 0 Å². The highest BCUT2D eigenvalue weighted by Gasteiger charge is 2.16. The highest BCUT2D eigenvalue weighted by atomic mass is 16.5. The Morgan fingerprint density at radius 3 is 2.72 bits per heavy atom. The van der Waals surface area contributed by atoms with Crippen molar-refractivity contribution < 1.29 is 9.53 Å². The summed E-state index contributed by atoms with van der Waals surface area (Å²) in [5.41, 5.74) is 2.46. The number of methoxy groups -OCH3 is 1. The summed E-state index contributed by atoms with van der Waals surface area (Å²) in [4.78, 5) is 19.9. The van der Waals surface area contributed by atoms with Crippen molar-refractivity contribution >= 4 is 22.7 Å². The molecule has 0 amide bonds. The number of fused-ring (bicyclic) bond motifs is 1. The Kier molecular flexibility index (Phi) is 3.72. The third-order valence-corrected chi connectivity index (χ3v) is 2.70. The van der Waals surface area contributed by atoms with Gasteiger partial charge in [0.15, 0.2) is 0 Å². The van der Waals surface area contributed by atoms with Gasteiger partial charge >= 0.3 is 5.97 Å². The van der Waals surface area contributed by atoms with Gasteiger partial charge in [-0.15, -0.1) is 0 Å². The average Bonchev–Trinajstić information content (AvgIpc) is 2.43. The van der Waals surface area contributed by atoms with Crippen LogP contribution in [-0.2, 0) is 9.53 Å². The number of nitrogens with one attached hydrogen (secondary N) is 1. The molecule has 1 atom stereocenters. The van der Waals surface area contributed by atoms with Crippen molar-refractivity contribution in [3.05, 3.63) is 30.6 Å². The van der Waals surface area contributed by atoms with Gasteiger partial charge < -0.3 is 10.1 Å². The van der Waals surface area contributed by atoms with Crippen molar-refractivity contribution in [1.29, 1.82) is 0 Å². The van der Waals surface area contributed by atoms with Crippen LogP contribution in [0.4, 0.5) is 5.69 Å². The van der Waals surface area contributed by atoms with Crippen molar-refractivity contribution in [2.24, 2.45) is 0 Å². The van der Waals surface area contributed by atoms with Gasteiger partial charge in [-0.2, -0.15) is 0 Å². The van der Waals surface area contributed by atoms with E-state index in [-0.39, 0.29) is 12.0 Å². The fraction of sp³-hybridized carbons (Fsp3) is 0.308. The van der Waals surface area contributed by atoms with Gasteiger partial charge in [0.1, 0.15) is 6.04 Å². The first-order chi connectivity index (χ1) is 8.74. The molecule has 2 rings (SSSR count). The zero-order valence-electron chi connectivity index (χ0n) is 10.4. The Morgan fingerprint density at radius 1 is 1.33 bits per heavy atom. The second-order valence-corrected chi connectivity index (χ2v) is 3.89. The number of anilines is 1. The molecular weight excluding hydrogens is 230 g/mol. The van der Waals surface area contributed by atoms with Crippen LogP contribution in [0, 0.1) is 0 Å². The summed E-state index contributed by atoms with van der Waals surface area (Å²) in [6.07, 6.45) is 3.95. The summed E-state index contributed by atoms with van der Waals surface area (Å²) < 4.78 is 4.73. The predicted molar refractivity (Wildman–Crippen MR) is 69.3 cm³/mol. The lowest BCUT2D eigenvalue weighted by molar-refractivity contribution is -0.141. The van der Waals surface area contributed by atoms with E-state index >= 15 is 0 Å². The van der Waals surface area contributed by atoms with Crippen LogP contribution >= 0.6 is 0 Å². The Labute approximate surface area is 105 Å². The molecule has 0 radical (unpaired) electrons. The zero-order chi connectivity index (χ0) is 13.0. The molecule has 0 aliphatic heterocycles. The normalized spacial score (nSPS) is 12.1. The van der Waals surface area contributed by atoms with Crippen molar-refractivity contribution in [2.45, 2.75) is 19.4 Å². The summed E-state index contributed by atoms with van der Waals surface area (Å²) in [6.45, 7) is 1.93. The summed E-state index contributed by atoms with van der Waals surface area (Å²) in [7, 11) is 1.39. The lowest BCUT2D eigenvalue weighted by atomic mass is 10.2. The maximum Gasteiger partial charge on any atom is 0.328 e. The first-order valence-electron chi connectivity index (χ1n) is 5.79. The molecule has 0 bridgehead atoms. The van der Waals surface area contributed by atoms with Crippen LogP contribution in [0.3, 0.4) is 0 Å². The van der Waals surface area contributed by atoms with Crippen LogP contribution in [0.1, 0.15) is 13.3 Å². The van der Waals surface area contributed by atoms with Crippen molar-refractivity contribution in [3.63, 3.8) is 0 Å². The number of carbonyl (C=O) groups is 1. The van der Waals surface area contributed by atoms with Crippen molar-refractivity contribution in [3.8, 4) is 0 Å². The smallest absolute Gasteiger partial charge is 0.328 e. The number of carbonyl (C=O) groups excluding carboxylic acids is 1. The number of esters is 1. The summed E-state index contributed by atoms with van der Waals surface area (Å²) in [5.74, 6) is -0.267. The predicted octanol–water partition coefficient (Wildman–Crippen LogP) is 1.99. The molecule has 0 saturated carbocycles. The van der Waals surface area contributed by atoms with E-state index in [0.29, 0.717) is 6.42 Å². The van der Waals surface area contributed by atoms with E-state index in [1.807, 2.05) is 25.1 Å². The molecule has 1 aromatic heterocycles. The highest BCUT2D eigenvalue weighted by molar-refractivity contribution is 5.82. The molecule has 0 aliphatic carbocycles. The minimum absolute atomic E-state index is 0.267. The van der Waals surface area contributed by atoms with Crippen molar-refractivity contribution in [1.82, 2.24) is 9.97 Å². The first-order valence-corrected chi connectivity index (χ1v) is 5.79. The molecule has 0 spiro atoms. The second-order valence-electron chi connectivity index (χ2n) is 3.89. The van der Waals surface area contributed by atoms with Crippen LogP contribution in [-0.4, -0.2) is 29.1 Å². The highest BCUT2D eigenvalue weighted by Crippen LogP contribution is 2.16. The Balaban J connectivity index is 2.23. The second kappa shape index (κ2) is 5.44. The van der Waals surface area contributed by atoms with Gasteiger partial charge in [-0.25, -0.2) is 4.79 Å². The molecule has 1 unspecified atom stereocenters. The Hall–Kier alpha value is -2.17. The number of hydrogen-bond acceptors (Lipinski definition) is 5. The van der Waals surface area contributed by atoms with Crippen LogP contribution in [0.2, 0.25) is 0 Å². The molecule has 18 heavy (non-hydrogen) atoms. The molecule has 1 aromatic carbocycles. The number of benzene rings is 1. The molecule has 1 heterocycles. The third-order valence-electron chi connectivity index (χ3n) is 2.70. The quantitative estimate of drug-likeness (QED) is 0.834. The van der Waals surface area contributed by atoms with E-state index < -0.39 is 0 Å². The van der Waals surface area contributed by atoms with E-state index in [4.69, 9.17) is 4.74 Å². The SMILES string of the molecule is CCC(Nc1ccc2nccnc2c1)C(=O)OC. The fourth-order valence-corrected chi connectivity index (χ4v) is 1.72. The molecule has 0 fully saturated rings. The van der Waals surface area contributed by atoms with Crippen LogP contribution < -0.4 is 5.32 Å². The van der Waals surface area contributed by atoms with Crippen LogP contribution in [0.15, 0.2) is 30.6 Å². The molecular formula is C13H15N3O2. The van der Waals surface area contributed by atoms with E-state index in [2.05, 4.69) is 15.3 Å². The van der Waals surface area contributed by atoms with E-state index in [1.165, 1.54) is 7.11 Å². The number of aromatic nitrogens is 2. The molecule has 2 aromatic rings. The Morgan fingerprint density at radius 2 is 2.06 bits per heavy atom. The fourth-order valence-electron chi connectivity index (χ4n) is 1.72. The minimum Gasteiger partial charge on any atom is -0.467 e. The Bertz CT molecular complexity index is 557. The van der Waals surface area contributed by atoms with E-state index in [9.17, 15) is 4.79 Å².